The Morgan fingerprint density at radius 3 is 2.94 bits per heavy atom. The highest BCUT2D eigenvalue weighted by Crippen LogP contribution is 2.23. The summed E-state index contributed by atoms with van der Waals surface area (Å²) in [6.07, 6.45) is 2.14. The van der Waals surface area contributed by atoms with Gasteiger partial charge in [-0.15, -0.1) is 11.3 Å². The fraction of sp³-hybridized carbons (Fsp3) is 0.636. The largest absolute Gasteiger partial charge is 0.476 e. The van der Waals surface area contributed by atoms with Crippen LogP contribution in [0.3, 0.4) is 0 Å². The molecule has 0 amide bonds. The van der Waals surface area contributed by atoms with Crippen molar-refractivity contribution in [3.8, 4) is 0 Å². The zero-order chi connectivity index (χ0) is 12.3. The average molecular weight is 256 g/mol. The number of carboxylic acid groups (broad SMARTS) is 1. The number of nitrogens with zero attached hydrogens (tertiary/aromatic N) is 2. The van der Waals surface area contributed by atoms with E-state index < -0.39 is 5.97 Å². The maximum atomic E-state index is 10.7. The van der Waals surface area contributed by atoms with E-state index in [1.165, 1.54) is 11.3 Å². The lowest BCUT2D eigenvalue weighted by molar-refractivity contribution is 0.0685. The van der Waals surface area contributed by atoms with Gasteiger partial charge in [0.15, 0.2) is 10.8 Å². The minimum Gasteiger partial charge on any atom is -0.476 e. The lowest BCUT2D eigenvalue weighted by Gasteiger charge is -2.26. The summed E-state index contributed by atoms with van der Waals surface area (Å²) >= 11 is 1.38. The predicted octanol–water partition coefficient (Wildman–Crippen LogP) is 1.70. The number of rotatable bonds is 4. The van der Waals surface area contributed by atoms with Crippen LogP contribution in [0.4, 0.5) is 5.13 Å². The standard InChI is InChI=1S/C11H16N2O3S/c1-13(6-8-2-4-16-5-3-8)11-12-9(7-17-11)10(14)15/h7-8H,2-6H2,1H3,(H,14,15). The molecule has 17 heavy (non-hydrogen) atoms. The number of ether oxygens (including phenoxy) is 1. The summed E-state index contributed by atoms with van der Waals surface area (Å²) in [4.78, 5) is 16.9. The molecular formula is C11H16N2O3S. The molecular weight excluding hydrogens is 240 g/mol. The van der Waals surface area contributed by atoms with Crippen molar-refractivity contribution in [3.63, 3.8) is 0 Å². The van der Waals surface area contributed by atoms with Crippen molar-refractivity contribution in [1.29, 1.82) is 0 Å². The molecule has 1 aliphatic rings. The molecule has 1 fully saturated rings. The molecule has 0 aliphatic carbocycles. The molecule has 94 valence electrons. The number of carbonyl (C=O) groups is 1. The second-order valence-electron chi connectivity index (χ2n) is 4.26. The molecule has 1 saturated heterocycles. The molecule has 0 bridgehead atoms. The highest BCUT2D eigenvalue weighted by atomic mass is 32.1. The summed E-state index contributed by atoms with van der Waals surface area (Å²) in [5.41, 5.74) is 0.129. The third kappa shape index (κ3) is 3.17. The lowest BCUT2D eigenvalue weighted by atomic mass is 10.0. The van der Waals surface area contributed by atoms with Crippen LogP contribution >= 0.6 is 11.3 Å². The van der Waals surface area contributed by atoms with Crippen LogP contribution in [0.15, 0.2) is 5.38 Å². The van der Waals surface area contributed by atoms with Gasteiger partial charge in [0.1, 0.15) is 0 Å². The van der Waals surface area contributed by atoms with Crippen LogP contribution < -0.4 is 4.90 Å². The van der Waals surface area contributed by atoms with Crippen LogP contribution in [0.1, 0.15) is 23.3 Å². The molecule has 6 heteroatoms. The van der Waals surface area contributed by atoms with Gasteiger partial charge in [-0.1, -0.05) is 0 Å². The Hall–Kier alpha value is -1.14. The number of carboxylic acids is 1. The molecule has 2 rings (SSSR count). The Bertz CT molecular complexity index is 388. The van der Waals surface area contributed by atoms with E-state index >= 15 is 0 Å². The quantitative estimate of drug-likeness (QED) is 0.888. The highest BCUT2D eigenvalue weighted by Gasteiger charge is 2.18. The maximum absolute atomic E-state index is 10.7. The minimum absolute atomic E-state index is 0.129. The monoisotopic (exact) mass is 256 g/mol. The van der Waals surface area contributed by atoms with Gasteiger partial charge in [0.05, 0.1) is 0 Å². The second kappa shape index (κ2) is 5.46. The molecule has 0 spiro atoms. The first-order valence-corrected chi connectivity index (χ1v) is 6.52. The zero-order valence-corrected chi connectivity index (χ0v) is 10.6. The smallest absolute Gasteiger partial charge is 0.355 e. The van der Waals surface area contributed by atoms with E-state index in [1.807, 2.05) is 11.9 Å². The Morgan fingerprint density at radius 1 is 1.65 bits per heavy atom. The van der Waals surface area contributed by atoms with Crippen molar-refractivity contribution in [2.45, 2.75) is 12.8 Å². The molecule has 1 N–H and O–H groups in total. The molecule has 0 saturated carbocycles. The van der Waals surface area contributed by atoms with E-state index in [-0.39, 0.29) is 5.69 Å². The topological polar surface area (TPSA) is 62.7 Å². The van der Waals surface area contributed by atoms with Gasteiger partial charge in [0.2, 0.25) is 0 Å². The van der Waals surface area contributed by atoms with Crippen LogP contribution in [-0.2, 0) is 4.74 Å². The number of aromatic nitrogens is 1. The fourth-order valence-corrected chi connectivity index (χ4v) is 2.71. The van der Waals surface area contributed by atoms with Crippen molar-refractivity contribution in [2.24, 2.45) is 5.92 Å². The first-order chi connectivity index (χ1) is 8.16. The summed E-state index contributed by atoms with van der Waals surface area (Å²) < 4.78 is 5.31. The molecule has 2 heterocycles. The van der Waals surface area contributed by atoms with E-state index in [1.54, 1.807) is 5.38 Å². The molecule has 1 aliphatic heterocycles. The van der Waals surface area contributed by atoms with Crippen LogP contribution in [0, 0.1) is 5.92 Å². The van der Waals surface area contributed by atoms with E-state index in [2.05, 4.69) is 4.98 Å². The van der Waals surface area contributed by atoms with Gasteiger partial charge in [-0.05, 0) is 18.8 Å². The SMILES string of the molecule is CN(CC1CCOCC1)c1nc(C(=O)O)cs1. The van der Waals surface area contributed by atoms with Crippen molar-refractivity contribution >= 4 is 22.4 Å². The molecule has 1 aromatic rings. The third-order valence-electron chi connectivity index (χ3n) is 2.91. The van der Waals surface area contributed by atoms with Crippen molar-refractivity contribution in [3.05, 3.63) is 11.1 Å². The first-order valence-electron chi connectivity index (χ1n) is 5.64. The summed E-state index contributed by atoms with van der Waals surface area (Å²) in [5, 5.41) is 11.2. The van der Waals surface area contributed by atoms with E-state index in [4.69, 9.17) is 9.84 Å². The molecule has 0 aromatic carbocycles. The normalized spacial score (nSPS) is 17.0. The fourth-order valence-electron chi connectivity index (χ4n) is 1.93. The zero-order valence-electron chi connectivity index (χ0n) is 9.76. The molecule has 0 atom stereocenters. The van der Waals surface area contributed by atoms with Crippen molar-refractivity contribution < 1.29 is 14.6 Å². The summed E-state index contributed by atoms with van der Waals surface area (Å²) in [6.45, 7) is 2.57. The predicted molar refractivity (Wildman–Crippen MR) is 65.9 cm³/mol. The highest BCUT2D eigenvalue weighted by molar-refractivity contribution is 7.13. The summed E-state index contributed by atoms with van der Waals surface area (Å²) in [6, 6.07) is 0. The van der Waals surface area contributed by atoms with Crippen LogP contribution in [0.2, 0.25) is 0 Å². The Balaban J connectivity index is 1.93. The number of aromatic carboxylic acids is 1. The maximum Gasteiger partial charge on any atom is 0.355 e. The first kappa shape index (κ1) is 12.3. The van der Waals surface area contributed by atoms with Crippen LogP contribution in [0.5, 0.6) is 0 Å². The molecule has 0 unspecified atom stereocenters. The number of hydrogen-bond donors (Lipinski definition) is 1. The summed E-state index contributed by atoms with van der Waals surface area (Å²) in [7, 11) is 1.96. The lowest BCUT2D eigenvalue weighted by Crippen LogP contribution is -2.29. The Kier molecular flexibility index (Phi) is 3.96. The Labute approximate surface area is 104 Å². The van der Waals surface area contributed by atoms with Gasteiger partial charge in [-0.2, -0.15) is 0 Å². The van der Waals surface area contributed by atoms with E-state index in [0.29, 0.717) is 5.92 Å². The van der Waals surface area contributed by atoms with E-state index in [0.717, 1.165) is 37.7 Å². The van der Waals surface area contributed by atoms with Gasteiger partial charge in [-0.3, -0.25) is 0 Å². The van der Waals surface area contributed by atoms with Crippen molar-refractivity contribution in [2.75, 3.05) is 31.7 Å². The third-order valence-corrected chi connectivity index (χ3v) is 3.87. The van der Waals surface area contributed by atoms with E-state index in [9.17, 15) is 4.79 Å². The summed E-state index contributed by atoms with van der Waals surface area (Å²) in [5.74, 6) is -0.349. The number of anilines is 1. The second-order valence-corrected chi connectivity index (χ2v) is 5.09. The number of thiazole rings is 1. The van der Waals surface area contributed by atoms with Crippen LogP contribution in [0.25, 0.3) is 0 Å². The minimum atomic E-state index is -0.966. The van der Waals surface area contributed by atoms with Gasteiger partial charge in [-0.25, -0.2) is 9.78 Å². The molecule has 5 nitrogen and oxygen atoms in total. The van der Waals surface area contributed by atoms with Gasteiger partial charge in [0.25, 0.3) is 0 Å². The van der Waals surface area contributed by atoms with Gasteiger partial charge in [0, 0.05) is 32.2 Å². The Morgan fingerprint density at radius 2 is 2.35 bits per heavy atom. The number of hydrogen-bond acceptors (Lipinski definition) is 5. The molecule has 1 aromatic heterocycles. The average Bonchev–Trinajstić information content (AvgIpc) is 2.79. The van der Waals surface area contributed by atoms with Gasteiger partial charge >= 0.3 is 5.97 Å². The molecule has 0 radical (unpaired) electrons. The van der Waals surface area contributed by atoms with Crippen LogP contribution in [-0.4, -0.2) is 42.9 Å². The van der Waals surface area contributed by atoms with Crippen molar-refractivity contribution in [1.82, 2.24) is 4.98 Å². The van der Waals surface area contributed by atoms with Gasteiger partial charge < -0.3 is 14.7 Å².